The Hall–Kier alpha value is -1.98. The van der Waals surface area contributed by atoms with Crippen molar-refractivity contribution in [3.63, 3.8) is 0 Å². The first kappa shape index (κ1) is 15.4. The number of ether oxygens (including phenoxy) is 3. The molecule has 0 aliphatic carbocycles. The molecule has 2 rings (SSSR count). The zero-order valence-electron chi connectivity index (χ0n) is 12.0. The number of carbonyl (C=O) groups is 2. The second-order valence-electron chi connectivity index (χ2n) is 4.82. The molecule has 3 atom stereocenters. The summed E-state index contributed by atoms with van der Waals surface area (Å²) in [7, 11) is 1.41. The summed E-state index contributed by atoms with van der Waals surface area (Å²) in [6, 6.07) is 9.34. The van der Waals surface area contributed by atoms with Crippen molar-refractivity contribution >= 4 is 17.8 Å². The molecule has 0 spiro atoms. The van der Waals surface area contributed by atoms with Gasteiger partial charge in [-0.1, -0.05) is 30.3 Å². The third kappa shape index (κ3) is 4.24. The van der Waals surface area contributed by atoms with Crippen molar-refractivity contribution in [2.75, 3.05) is 7.11 Å². The zero-order valence-corrected chi connectivity index (χ0v) is 12.0. The number of benzene rings is 1. The molecule has 0 aromatic heterocycles. The molecule has 0 unspecified atom stereocenters. The molecule has 0 N–H and O–H groups in total. The van der Waals surface area contributed by atoms with Gasteiger partial charge in [0.25, 0.3) is 0 Å². The van der Waals surface area contributed by atoms with Gasteiger partial charge in [-0.05, 0) is 18.6 Å². The van der Waals surface area contributed by atoms with Crippen LogP contribution in [0.5, 0.6) is 0 Å². The van der Waals surface area contributed by atoms with Crippen LogP contribution in [0.2, 0.25) is 0 Å². The van der Waals surface area contributed by atoms with E-state index < -0.39 is 18.4 Å². The van der Waals surface area contributed by atoms with Gasteiger partial charge in [0.2, 0.25) is 12.4 Å². The minimum absolute atomic E-state index is 0.193. The summed E-state index contributed by atoms with van der Waals surface area (Å²) in [5, 5.41) is 0. The summed E-state index contributed by atoms with van der Waals surface area (Å²) in [6.07, 6.45) is 1.01. The molecular weight excluding hydrogens is 272 g/mol. The minimum Gasteiger partial charge on any atom is -0.446 e. The number of hydrogen-bond acceptors (Lipinski definition) is 5. The number of esters is 1. The Labute approximate surface area is 123 Å². The molecule has 1 aromatic carbocycles. The first-order valence-electron chi connectivity index (χ1n) is 6.75. The van der Waals surface area contributed by atoms with E-state index in [0.29, 0.717) is 0 Å². The molecule has 1 fully saturated rings. The van der Waals surface area contributed by atoms with Crippen LogP contribution in [0, 0.1) is 0 Å². The molecule has 5 nitrogen and oxygen atoms in total. The van der Waals surface area contributed by atoms with Crippen LogP contribution in [0.4, 0.5) is 0 Å². The molecule has 0 amide bonds. The lowest BCUT2D eigenvalue weighted by atomic mass is 10.1. The number of Topliss-reactive ketones (excluding diaryl/α,β-unsaturated/α-hetero) is 1. The van der Waals surface area contributed by atoms with Crippen LogP contribution in [-0.2, 0) is 23.8 Å². The molecule has 1 heterocycles. The largest absolute Gasteiger partial charge is 0.446 e. The highest BCUT2D eigenvalue weighted by atomic mass is 16.7. The summed E-state index contributed by atoms with van der Waals surface area (Å²) in [5.41, 5.74) is 0.873. The fourth-order valence-electron chi connectivity index (χ4n) is 2.09. The van der Waals surface area contributed by atoms with Crippen LogP contribution in [0.25, 0.3) is 6.08 Å². The van der Waals surface area contributed by atoms with E-state index >= 15 is 0 Å². The van der Waals surface area contributed by atoms with Crippen LogP contribution in [-0.4, -0.2) is 37.4 Å². The van der Waals surface area contributed by atoms with Crippen LogP contribution in [0.15, 0.2) is 36.4 Å². The van der Waals surface area contributed by atoms with Crippen molar-refractivity contribution < 1.29 is 23.8 Å². The zero-order chi connectivity index (χ0) is 15.2. The maximum Gasteiger partial charge on any atom is 0.331 e. The predicted octanol–water partition coefficient (Wildman–Crippen LogP) is 1.96. The van der Waals surface area contributed by atoms with Gasteiger partial charge in [0.15, 0.2) is 5.78 Å². The van der Waals surface area contributed by atoms with E-state index in [0.717, 1.165) is 5.56 Å². The predicted molar refractivity (Wildman–Crippen MR) is 76.3 cm³/mol. The summed E-state index contributed by atoms with van der Waals surface area (Å²) in [6.45, 7) is 1.78. The van der Waals surface area contributed by atoms with Crippen molar-refractivity contribution in [3.8, 4) is 0 Å². The number of methoxy groups -OCH3 is 1. The Morgan fingerprint density at radius 1 is 1.33 bits per heavy atom. The highest BCUT2D eigenvalue weighted by Gasteiger charge is 2.38. The van der Waals surface area contributed by atoms with E-state index in [1.165, 1.54) is 13.2 Å². The van der Waals surface area contributed by atoms with Gasteiger partial charge in [-0.3, -0.25) is 4.79 Å². The minimum atomic E-state index is -1.01. The molecule has 5 heteroatoms. The molecular formula is C16H18O5. The highest BCUT2D eigenvalue weighted by molar-refractivity contribution is 5.91. The van der Waals surface area contributed by atoms with Crippen LogP contribution in [0.1, 0.15) is 18.9 Å². The maximum atomic E-state index is 11.9. The molecule has 1 saturated heterocycles. The molecule has 1 aromatic rings. The SMILES string of the molecule is CO[C@H]1O[C@H](C)CC(=O)[C@H]1OC(=O)/C=C/c1ccccc1. The number of hydrogen-bond donors (Lipinski definition) is 0. The third-order valence-corrected chi connectivity index (χ3v) is 3.11. The monoisotopic (exact) mass is 290 g/mol. The van der Waals surface area contributed by atoms with Crippen molar-refractivity contribution in [1.82, 2.24) is 0 Å². The summed E-state index contributed by atoms with van der Waals surface area (Å²) in [5.74, 6) is -0.792. The van der Waals surface area contributed by atoms with Crippen molar-refractivity contribution in [2.24, 2.45) is 0 Å². The Morgan fingerprint density at radius 3 is 2.71 bits per heavy atom. The van der Waals surface area contributed by atoms with Gasteiger partial charge in [-0.2, -0.15) is 0 Å². The summed E-state index contributed by atoms with van der Waals surface area (Å²) >= 11 is 0. The topological polar surface area (TPSA) is 61.8 Å². The number of rotatable bonds is 4. The van der Waals surface area contributed by atoms with Crippen molar-refractivity contribution in [2.45, 2.75) is 31.8 Å². The summed E-state index contributed by atoms with van der Waals surface area (Å²) < 4.78 is 15.7. The van der Waals surface area contributed by atoms with Gasteiger partial charge >= 0.3 is 5.97 Å². The average Bonchev–Trinajstić information content (AvgIpc) is 2.48. The first-order valence-corrected chi connectivity index (χ1v) is 6.75. The molecule has 112 valence electrons. The van der Waals surface area contributed by atoms with Gasteiger partial charge in [0, 0.05) is 19.6 Å². The third-order valence-electron chi connectivity index (χ3n) is 3.11. The van der Waals surface area contributed by atoms with E-state index in [9.17, 15) is 9.59 Å². The van der Waals surface area contributed by atoms with E-state index in [2.05, 4.69) is 0 Å². The maximum absolute atomic E-state index is 11.9. The quantitative estimate of drug-likeness (QED) is 0.626. The standard InChI is InChI=1S/C16H18O5/c1-11-10-13(17)15(16(19-2)20-11)21-14(18)9-8-12-6-4-3-5-7-12/h3-9,11,15-16H,10H2,1-2H3/b9-8+/t11-,15-,16+/m1/s1. The fraction of sp³-hybridized carbons (Fsp3) is 0.375. The first-order chi connectivity index (χ1) is 10.1. The summed E-state index contributed by atoms with van der Waals surface area (Å²) in [4.78, 5) is 23.7. The Kier molecular flexibility index (Phi) is 5.25. The molecule has 0 bridgehead atoms. The second kappa shape index (κ2) is 7.15. The van der Waals surface area contributed by atoms with Gasteiger partial charge in [-0.25, -0.2) is 4.79 Å². The van der Waals surface area contributed by atoms with Crippen LogP contribution >= 0.6 is 0 Å². The average molecular weight is 290 g/mol. The Bertz CT molecular complexity index is 523. The number of carbonyl (C=O) groups excluding carboxylic acids is 2. The van der Waals surface area contributed by atoms with Gasteiger partial charge in [0.1, 0.15) is 0 Å². The Balaban J connectivity index is 1.98. The number of ketones is 1. The van der Waals surface area contributed by atoms with Crippen LogP contribution in [0.3, 0.4) is 0 Å². The van der Waals surface area contributed by atoms with E-state index in [1.807, 2.05) is 30.3 Å². The van der Waals surface area contributed by atoms with Crippen molar-refractivity contribution in [3.05, 3.63) is 42.0 Å². The smallest absolute Gasteiger partial charge is 0.331 e. The van der Waals surface area contributed by atoms with Gasteiger partial charge in [-0.15, -0.1) is 0 Å². The lowest BCUT2D eigenvalue weighted by Gasteiger charge is -2.32. The second-order valence-corrected chi connectivity index (χ2v) is 4.82. The van der Waals surface area contributed by atoms with E-state index in [1.54, 1.807) is 13.0 Å². The molecule has 1 aliphatic rings. The molecule has 0 radical (unpaired) electrons. The lowest BCUT2D eigenvalue weighted by molar-refractivity contribution is -0.226. The van der Waals surface area contributed by atoms with E-state index in [4.69, 9.17) is 14.2 Å². The molecule has 0 saturated carbocycles. The fourth-order valence-corrected chi connectivity index (χ4v) is 2.09. The highest BCUT2D eigenvalue weighted by Crippen LogP contribution is 2.20. The lowest BCUT2D eigenvalue weighted by Crippen LogP contribution is -2.48. The molecule has 21 heavy (non-hydrogen) atoms. The van der Waals surface area contributed by atoms with Gasteiger partial charge in [0.05, 0.1) is 6.10 Å². The normalized spacial score (nSPS) is 26.0. The van der Waals surface area contributed by atoms with Gasteiger partial charge < -0.3 is 14.2 Å². The Morgan fingerprint density at radius 2 is 2.05 bits per heavy atom. The van der Waals surface area contributed by atoms with E-state index in [-0.39, 0.29) is 18.3 Å². The van der Waals surface area contributed by atoms with Crippen LogP contribution < -0.4 is 0 Å². The molecule has 1 aliphatic heterocycles. The van der Waals surface area contributed by atoms with Crippen molar-refractivity contribution in [1.29, 1.82) is 0 Å².